The van der Waals surface area contributed by atoms with E-state index in [1.807, 2.05) is 0 Å². The van der Waals surface area contributed by atoms with Crippen LogP contribution in [0.3, 0.4) is 0 Å². The van der Waals surface area contributed by atoms with E-state index in [-0.39, 0.29) is 0 Å². The first kappa shape index (κ1) is 6.94. The van der Waals surface area contributed by atoms with Gasteiger partial charge in [0, 0.05) is 0 Å². The van der Waals surface area contributed by atoms with Gasteiger partial charge in [0.1, 0.15) is 0 Å². The molecule has 4 aliphatic rings. The average molecular weight is 160 g/mol. The zero-order valence-corrected chi connectivity index (χ0v) is 7.98. The Labute approximate surface area is 74.4 Å². The van der Waals surface area contributed by atoms with E-state index < -0.39 is 0 Å². The van der Waals surface area contributed by atoms with Crippen LogP contribution in [0.2, 0.25) is 0 Å². The molecule has 4 aliphatic carbocycles. The van der Waals surface area contributed by atoms with Crippen molar-refractivity contribution in [2.75, 3.05) is 0 Å². The van der Waals surface area contributed by atoms with Gasteiger partial charge in [0.2, 0.25) is 0 Å². The maximum atomic E-state index is 2.53. The van der Waals surface area contributed by atoms with Crippen LogP contribution in [0.15, 0.2) is 23.3 Å². The summed E-state index contributed by atoms with van der Waals surface area (Å²) in [6.45, 7) is 4.89. The van der Waals surface area contributed by atoms with Gasteiger partial charge in [-0.1, -0.05) is 37.1 Å². The zero-order chi connectivity index (χ0) is 8.40. The third kappa shape index (κ3) is 0.784. The third-order valence-corrected chi connectivity index (χ3v) is 3.67. The predicted molar refractivity (Wildman–Crippen MR) is 50.8 cm³/mol. The number of allylic oxidation sites excluding steroid dienone is 4. The van der Waals surface area contributed by atoms with Gasteiger partial charge in [-0.3, -0.25) is 0 Å². The lowest BCUT2D eigenvalue weighted by Gasteiger charge is -2.52. The highest BCUT2D eigenvalue weighted by molar-refractivity contribution is 5.40. The normalized spacial score (nSPS) is 49.2. The maximum absolute atomic E-state index is 2.53. The van der Waals surface area contributed by atoms with Crippen LogP contribution < -0.4 is 0 Å². The Morgan fingerprint density at radius 3 is 2.58 bits per heavy atom. The quantitative estimate of drug-likeness (QED) is 0.509. The maximum Gasteiger partial charge on any atom is -0.00981 e. The molecule has 0 aromatic rings. The topological polar surface area (TPSA) is 0 Å². The Morgan fingerprint density at radius 1 is 1.17 bits per heavy atom. The predicted octanol–water partition coefficient (Wildman–Crippen LogP) is 3.45. The van der Waals surface area contributed by atoms with E-state index in [1.165, 1.54) is 25.7 Å². The molecule has 0 saturated heterocycles. The third-order valence-electron chi connectivity index (χ3n) is 3.67. The lowest BCUT2D eigenvalue weighted by Crippen LogP contribution is -2.39. The molecule has 1 fully saturated rings. The summed E-state index contributed by atoms with van der Waals surface area (Å²) in [6.07, 6.45) is 10.4. The van der Waals surface area contributed by atoms with E-state index in [1.54, 1.807) is 11.1 Å². The minimum Gasteiger partial charge on any atom is -0.0750 e. The molecule has 0 spiro atoms. The first-order valence-electron chi connectivity index (χ1n) is 4.98. The summed E-state index contributed by atoms with van der Waals surface area (Å²) in [4.78, 5) is 0. The molecule has 2 atom stereocenters. The van der Waals surface area contributed by atoms with Crippen molar-refractivity contribution in [1.29, 1.82) is 0 Å². The van der Waals surface area contributed by atoms with Gasteiger partial charge < -0.3 is 0 Å². The van der Waals surface area contributed by atoms with Crippen LogP contribution >= 0.6 is 0 Å². The van der Waals surface area contributed by atoms with Crippen LogP contribution in [0.4, 0.5) is 0 Å². The Bertz CT molecular complexity index is 308. The SMILES string of the molecule is CC12C=C3C=C(C1)CC(C)(C3)C2. The molecule has 0 heterocycles. The smallest absolute Gasteiger partial charge is 0.00981 e. The van der Waals surface area contributed by atoms with Crippen molar-refractivity contribution in [2.24, 2.45) is 10.8 Å². The van der Waals surface area contributed by atoms with E-state index in [0.29, 0.717) is 10.8 Å². The molecule has 0 N–H and O–H groups in total. The van der Waals surface area contributed by atoms with Gasteiger partial charge in [-0.2, -0.15) is 0 Å². The molecule has 64 valence electrons. The van der Waals surface area contributed by atoms with Crippen molar-refractivity contribution in [3.63, 3.8) is 0 Å². The fraction of sp³-hybridized carbons (Fsp3) is 0.667. The first-order valence-corrected chi connectivity index (χ1v) is 4.98. The first-order chi connectivity index (χ1) is 5.57. The van der Waals surface area contributed by atoms with Gasteiger partial charge in [0.05, 0.1) is 0 Å². The molecule has 12 heavy (non-hydrogen) atoms. The number of rotatable bonds is 0. The fourth-order valence-corrected chi connectivity index (χ4v) is 3.90. The summed E-state index contributed by atoms with van der Waals surface area (Å²) in [5, 5.41) is 0. The lowest BCUT2D eigenvalue weighted by atomic mass is 9.53. The molecule has 4 bridgehead atoms. The zero-order valence-electron chi connectivity index (χ0n) is 7.98. The molecule has 1 saturated carbocycles. The van der Waals surface area contributed by atoms with Crippen LogP contribution in [0.1, 0.15) is 39.5 Å². The Hall–Kier alpha value is -0.520. The van der Waals surface area contributed by atoms with E-state index in [9.17, 15) is 0 Å². The van der Waals surface area contributed by atoms with Gasteiger partial charge in [0.15, 0.2) is 0 Å². The van der Waals surface area contributed by atoms with Gasteiger partial charge in [-0.05, 0) is 36.5 Å². The fourth-order valence-electron chi connectivity index (χ4n) is 3.90. The largest absolute Gasteiger partial charge is 0.0750 e. The molecule has 4 rings (SSSR count). The lowest BCUT2D eigenvalue weighted by molar-refractivity contribution is 0.133. The minimum absolute atomic E-state index is 0.532. The van der Waals surface area contributed by atoms with E-state index in [2.05, 4.69) is 26.0 Å². The monoisotopic (exact) mass is 160 g/mol. The Morgan fingerprint density at radius 2 is 2.00 bits per heavy atom. The van der Waals surface area contributed by atoms with Crippen LogP contribution in [-0.2, 0) is 0 Å². The van der Waals surface area contributed by atoms with Crippen molar-refractivity contribution in [1.82, 2.24) is 0 Å². The van der Waals surface area contributed by atoms with Crippen LogP contribution in [0.5, 0.6) is 0 Å². The summed E-state index contributed by atoms with van der Waals surface area (Å²) in [5.41, 5.74) is 4.50. The second-order valence-electron chi connectivity index (χ2n) is 5.69. The summed E-state index contributed by atoms with van der Waals surface area (Å²) < 4.78 is 0. The molecular weight excluding hydrogens is 144 g/mol. The van der Waals surface area contributed by atoms with Crippen molar-refractivity contribution in [3.8, 4) is 0 Å². The number of hydrogen-bond donors (Lipinski definition) is 0. The molecule has 2 unspecified atom stereocenters. The van der Waals surface area contributed by atoms with Crippen molar-refractivity contribution in [2.45, 2.75) is 39.5 Å². The average Bonchev–Trinajstić information content (AvgIpc) is 1.75. The van der Waals surface area contributed by atoms with Gasteiger partial charge in [0.25, 0.3) is 0 Å². The van der Waals surface area contributed by atoms with Crippen molar-refractivity contribution < 1.29 is 0 Å². The molecule has 0 heteroatoms. The summed E-state index contributed by atoms with van der Waals surface area (Å²) in [6, 6.07) is 0. The number of hydrogen-bond acceptors (Lipinski definition) is 0. The van der Waals surface area contributed by atoms with E-state index in [0.717, 1.165) is 0 Å². The molecule has 0 amide bonds. The van der Waals surface area contributed by atoms with Crippen LogP contribution in [0, 0.1) is 10.8 Å². The molecule has 0 radical (unpaired) electrons. The minimum atomic E-state index is 0.532. The summed E-state index contributed by atoms with van der Waals surface area (Å²) >= 11 is 0. The Balaban J connectivity index is 2.18. The molecule has 0 aromatic carbocycles. The standard InChI is InChI=1S/C12H16/c1-11-4-9-3-10(5-11)7-12(2,6-9)8-11/h3-4H,5-8H2,1-2H3. The second kappa shape index (κ2) is 1.71. The Kier molecular flexibility index (Phi) is 0.988. The van der Waals surface area contributed by atoms with Crippen LogP contribution in [-0.4, -0.2) is 0 Å². The highest BCUT2D eigenvalue weighted by Crippen LogP contribution is 2.59. The van der Waals surface area contributed by atoms with Gasteiger partial charge in [-0.15, -0.1) is 0 Å². The molecular formula is C12H16. The summed E-state index contributed by atoms with van der Waals surface area (Å²) in [7, 11) is 0. The second-order valence-corrected chi connectivity index (χ2v) is 5.69. The van der Waals surface area contributed by atoms with Crippen LogP contribution in [0.25, 0.3) is 0 Å². The molecule has 0 aromatic heterocycles. The van der Waals surface area contributed by atoms with E-state index in [4.69, 9.17) is 0 Å². The van der Waals surface area contributed by atoms with Gasteiger partial charge >= 0.3 is 0 Å². The summed E-state index contributed by atoms with van der Waals surface area (Å²) in [5.74, 6) is 0. The molecule has 0 aliphatic heterocycles. The van der Waals surface area contributed by atoms with Crippen molar-refractivity contribution >= 4 is 0 Å². The van der Waals surface area contributed by atoms with E-state index >= 15 is 0 Å². The molecule has 0 nitrogen and oxygen atoms in total. The highest BCUT2D eigenvalue weighted by atomic mass is 14.5. The highest BCUT2D eigenvalue weighted by Gasteiger charge is 2.46. The van der Waals surface area contributed by atoms with Gasteiger partial charge in [-0.25, -0.2) is 0 Å². The van der Waals surface area contributed by atoms with Crippen molar-refractivity contribution in [3.05, 3.63) is 23.3 Å².